The standard InChI is InChI=1S/C21H19ClF3N5O/c22-18-10-17(21(23,24)25)12-26-19(18)28-6-8-29(9-7-28)20(31)16-11-27-30(14-16)13-15-4-2-1-3-5-15/h1-5,10-12,14H,6-9,13H2. The summed E-state index contributed by atoms with van der Waals surface area (Å²) in [7, 11) is 0. The topological polar surface area (TPSA) is 54.3 Å². The second kappa shape index (κ2) is 8.58. The lowest BCUT2D eigenvalue weighted by molar-refractivity contribution is -0.137. The van der Waals surface area contributed by atoms with Crippen LogP contribution in [0, 0.1) is 0 Å². The van der Waals surface area contributed by atoms with Crippen molar-refractivity contribution in [1.29, 1.82) is 0 Å². The number of pyridine rings is 1. The molecule has 10 heteroatoms. The van der Waals surface area contributed by atoms with Crippen molar-refractivity contribution in [3.05, 3.63) is 76.7 Å². The first-order valence-corrected chi connectivity index (χ1v) is 10.0. The molecule has 0 radical (unpaired) electrons. The minimum absolute atomic E-state index is 0.0585. The SMILES string of the molecule is O=C(c1cnn(Cc2ccccc2)c1)N1CCN(c2ncc(C(F)(F)F)cc2Cl)CC1. The molecule has 31 heavy (non-hydrogen) atoms. The first kappa shape index (κ1) is 21.2. The number of rotatable bonds is 4. The van der Waals surface area contributed by atoms with E-state index in [1.165, 1.54) is 0 Å². The summed E-state index contributed by atoms with van der Waals surface area (Å²) in [5, 5.41) is 4.21. The van der Waals surface area contributed by atoms with Crippen LogP contribution in [0.2, 0.25) is 5.02 Å². The lowest BCUT2D eigenvalue weighted by Crippen LogP contribution is -2.49. The van der Waals surface area contributed by atoms with Gasteiger partial charge in [0.2, 0.25) is 0 Å². The molecular weight excluding hydrogens is 431 g/mol. The van der Waals surface area contributed by atoms with Gasteiger partial charge in [0.25, 0.3) is 5.91 Å². The van der Waals surface area contributed by atoms with Gasteiger partial charge in [-0.25, -0.2) is 4.98 Å². The summed E-state index contributed by atoms with van der Waals surface area (Å²) in [6.45, 7) is 2.22. The van der Waals surface area contributed by atoms with Gasteiger partial charge in [0.1, 0.15) is 5.82 Å². The van der Waals surface area contributed by atoms with Crippen LogP contribution >= 0.6 is 11.6 Å². The Morgan fingerprint density at radius 2 is 1.77 bits per heavy atom. The number of piperazine rings is 1. The monoisotopic (exact) mass is 449 g/mol. The number of amides is 1. The average molecular weight is 450 g/mol. The van der Waals surface area contributed by atoms with Crippen LogP contribution < -0.4 is 4.90 Å². The van der Waals surface area contributed by atoms with Crippen LogP contribution in [0.15, 0.2) is 55.0 Å². The molecule has 162 valence electrons. The Balaban J connectivity index is 1.37. The summed E-state index contributed by atoms with van der Waals surface area (Å²) in [5.41, 5.74) is 0.691. The molecule has 1 aliphatic heterocycles. The number of nitrogens with zero attached hydrogens (tertiary/aromatic N) is 5. The van der Waals surface area contributed by atoms with Crippen molar-refractivity contribution in [2.45, 2.75) is 12.7 Å². The molecule has 1 saturated heterocycles. The third-order valence-corrected chi connectivity index (χ3v) is 5.36. The van der Waals surface area contributed by atoms with Gasteiger partial charge in [-0.15, -0.1) is 0 Å². The van der Waals surface area contributed by atoms with Gasteiger partial charge in [-0.05, 0) is 11.6 Å². The molecule has 1 fully saturated rings. The third kappa shape index (κ3) is 4.82. The molecule has 0 N–H and O–H groups in total. The molecule has 0 spiro atoms. The zero-order valence-electron chi connectivity index (χ0n) is 16.4. The van der Waals surface area contributed by atoms with E-state index in [0.29, 0.717) is 38.3 Å². The largest absolute Gasteiger partial charge is 0.417 e. The molecule has 1 amide bonds. The van der Waals surface area contributed by atoms with Gasteiger partial charge in [-0.3, -0.25) is 9.48 Å². The lowest BCUT2D eigenvalue weighted by atomic mass is 10.2. The number of halogens is 4. The quantitative estimate of drug-likeness (QED) is 0.605. The normalized spacial score (nSPS) is 14.7. The Morgan fingerprint density at radius 3 is 2.42 bits per heavy atom. The van der Waals surface area contributed by atoms with Crippen LogP contribution in [0.4, 0.5) is 19.0 Å². The molecule has 0 saturated carbocycles. The summed E-state index contributed by atoms with van der Waals surface area (Å²) in [4.78, 5) is 20.2. The van der Waals surface area contributed by atoms with Crippen LogP contribution in [0.25, 0.3) is 0 Å². The minimum atomic E-state index is -4.49. The number of benzene rings is 1. The minimum Gasteiger partial charge on any atom is -0.352 e. The summed E-state index contributed by atoms with van der Waals surface area (Å²) < 4.78 is 40.1. The number of hydrogen-bond acceptors (Lipinski definition) is 4. The van der Waals surface area contributed by atoms with E-state index in [4.69, 9.17) is 11.6 Å². The highest BCUT2D eigenvalue weighted by Gasteiger charge is 2.32. The number of anilines is 1. The second-order valence-electron chi connectivity index (χ2n) is 7.22. The third-order valence-electron chi connectivity index (χ3n) is 5.08. The average Bonchev–Trinajstić information content (AvgIpc) is 3.22. The van der Waals surface area contributed by atoms with Crippen LogP contribution in [0.3, 0.4) is 0 Å². The van der Waals surface area contributed by atoms with Gasteiger partial charge in [0.05, 0.1) is 28.9 Å². The predicted molar refractivity (Wildman–Crippen MR) is 110 cm³/mol. The van der Waals surface area contributed by atoms with E-state index in [2.05, 4.69) is 10.1 Å². The van der Waals surface area contributed by atoms with Crippen molar-refractivity contribution >= 4 is 23.3 Å². The molecule has 0 aliphatic carbocycles. The zero-order valence-corrected chi connectivity index (χ0v) is 17.1. The maximum Gasteiger partial charge on any atom is 0.417 e. The zero-order chi connectivity index (χ0) is 22.0. The van der Waals surface area contributed by atoms with Gasteiger partial charge in [-0.1, -0.05) is 41.9 Å². The Morgan fingerprint density at radius 1 is 1.06 bits per heavy atom. The Hall–Kier alpha value is -3.07. The molecule has 3 aromatic rings. The molecule has 6 nitrogen and oxygen atoms in total. The van der Waals surface area contributed by atoms with E-state index in [1.807, 2.05) is 30.3 Å². The van der Waals surface area contributed by atoms with Crippen molar-refractivity contribution in [3.8, 4) is 0 Å². The van der Waals surface area contributed by atoms with Crippen molar-refractivity contribution in [3.63, 3.8) is 0 Å². The van der Waals surface area contributed by atoms with Crippen LogP contribution in [0.5, 0.6) is 0 Å². The molecule has 2 aromatic heterocycles. The Labute approximate surface area is 181 Å². The molecule has 0 atom stereocenters. The molecule has 3 heterocycles. The van der Waals surface area contributed by atoms with Gasteiger partial charge < -0.3 is 9.80 Å². The molecule has 0 bridgehead atoms. The summed E-state index contributed by atoms with van der Waals surface area (Å²) in [5.74, 6) is 0.155. The summed E-state index contributed by atoms with van der Waals surface area (Å²) in [6.07, 6.45) is -0.451. The van der Waals surface area contributed by atoms with E-state index < -0.39 is 11.7 Å². The second-order valence-corrected chi connectivity index (χ2v) is 7.63. The van der Waals surface area contributed by atoms with Gasteiger partial charge in [0, 0.05) is 38.6 Å². The van der Waals surface area contributed by atoms with Gasteiger partial charge in [-0.2, -0.15) is 18.3 Å². The molecule has 1 aromatic carbocycles. The number of carbonyl (C=O) groups is 1. The Kier molecular flexibility index (Phi) is 5.86. The first-order valence-electron chi connectivity index (χ1n) is 9.64. The fraction of sp³-hybridized carbons (Fsp3) is 0.286. The van der Waals surface area contributed by atoms with Gasteiger partial charge >= 0.3 is 6.18 Å². The number of hydrogen-bond donors (Lipinski definition) is 0. The van der Waals surface area contributed by atoms with Crippen molar-refractivity contribution in [2.75, 3.05) is 31.1 Å². The van der Waals surface area contributed by atoms with E-state index >= 15 is 0 Å². The smallest absolute Gasteiger partial charge is 0.352 e. The number of alkyl halides is 3. The van der Waals surface area contributed by atoms with Gasteiger partial charge in [0.15, 0.2) is 0 Å². The van der Waals surface area contributed by atoms with Crippen molar-refractivity contribution in [2.24, 2.45) is 0 Å². The number of carbonyl (C=O) groups excluding carboxylic acids is 1. The molecule has 0 unspecified atom stereocenters. The van der Waals surface area contributed by atoms with Crippen LogP contribution in [-0.2, 0) is 12.7 Å². The van der Waals surface area contributed by atoms with Crippen LogP contribution in [0.1, 0.15) is 21.5 Å². The Bertz CT molecular complexity index is 1060. The summed E-state index contributed by atoms with van der Waals surface area (Å²) in [6, 6.07) is 10.7. The molecule has 1 aliphatic rings. The van der Waals surface area contributed by atoms with E-state index in [0.717, 1.165) is 17.8 Å². The highest BCUT2D eigenvalue weighted by molar-refractivity contribution is 6.33. The first-order chi connectivity index (χ1) is 14.8. The fourth-order valence-corrected chi connectivity index (χ4v) is 3.74. The lowest BCUT2D eigenvalue weighted by Gasteiger charge is -2.35. The maximum absolute atomic E-state index is 12.8. The number of aromatic nitrogens is 3. The fourth-order valence-electron chi connectivity index (χ4n) is 3.45. The highest BCUT2D eigenvalue weighted by Crippen LogP contribution is 2.33. The van der Waals surface area contributed by atoms with E-state index in [1.54, 1.807) is 26.9 Å². The maximum atomic E-state index is 12.8. The van der Waals surface area contributed by atoms with Crippen LogP contribution in [-0.4, -0.2) is 51.8 Å². The van der Waals surface area contributed by atoms with Crippen molar-refractivity contribution < 1.29 is 18.0 Å². The molecular formula is C21H19ClF3N5O. The van der Waals surface area contributed by atoms with Crippen molar-refractivity contribution in [1.82, 2.24) is 19.7 Å². The highest BCUT2D eigenvalue weighted by atomic mass is 35.5. The van der Waals surface area contributed by atoms with E-state index in [9.17, 15) is 18.0 Å². The predicted octanol–water partition coefficient (Wildman–Crippen LogP) is 3.96. The van der Waals surface area contributed by atoms with E-state index in [-0.39, 0.29) is 16.7 Å². The molecule has 4 rings (SSSR count). The summed E-state index contributed by atoms with van der Waals surface area (Å²) >= 11 is 6.04.